The fraction of sp³-hybridized carbons (Fsp3) is 0.353. The van der Waals surface area contributed by atoms with E-state index >= 15 is 0 Å². The van der Waals surface area contributed by atoms with Crippen molar-refractivity contribution in [1.29, 1.82) is 0 Å². The molecule has 0 spiro atoms. The van der Waals surface area contributed by atoms with E-state index in [0.29, 0.717) is 6.54 Å². The average Bonchev–Trinajstić information content (AvgIpc) is 3.35. The smallest absolute Gasteiger partial charge is 0.313 e. The summed E-state index contributed by atoms with van der Waals surface area (Å²) in [7, 11) is 1.43. The highest BCUT2D eigenvalue weighted by Crippen LogP contribution is 2.33. The molecule has 0 saturated heterocycles. The summed E-state index contributed by atoms with van der Waals surface area (Å²) in [5, 5.41) is 10.6. The van der Waals surface area contributed by atoms with Crippen molar-refractivity contribution in [3.8, 4) is 10.6 Å². The molecular formula is C17H17N3O3S. The Morgan fingerprint density at radius 3 is 3.25 bits per heavy atom. The molecule has 0 bridgehead atoms. The van der Waals surface area contributed by atoms with E-state index in [0.717, 1.165) is 46.9 Å². The van der Waals surface area contributed by atoms with Gasteiger partial charge >= 0.3 is 5.97 Å². The highest BCUT2D eigenvalue weighted by molar-refractivity contribution is 7.13. The van der Waals surface area contributed by atoms with Crippen molar-refractivity contribution in [2.75, 3.05) is 7.11 Å². The Balaban J connectivity index is 1.58. The monoisotopic (exact) mass is 343 g/mol. The molecule has 4 rings (SSSR count). The van der Waals surface area contributed by atoms with Crippen LogP contribution in [0.4, 0.5) is 0 Å². The van der Waals surface area contributed by atoms with Gasteiger partial charge in [-0.3, -0.25) is 9.48 Å². The summed E-state index contributed by atoms with van der Waals surface area (Å²) < 4.78 is 12.3. The predicted molar refractivity (Wildman–Crippen MR) is 88.8 cm³/mol. The quantitative estimate of drug-likeness (QED) is 0.680. The lowest BCUT2D eigenvalue weighted by molar-refractivity contribution is -0.142. The molecule has 0 amide bonds. The van der Waals surface area contributed by atoms with Crippen LogP contribution in [0.15, 0.2) is 34.3 Å². The van der Waals surface area contributed by atoms with Crippen LogP contribution in [0, 0.1) is 0 Å². The van der Waals surface area contributed by atoms with Crippen LogP contribution >= 0.6 is 11.3 Å². The molecule has 7 heteroatoms. The van der Waals surface area contributed by atoms with E-state index in [9.17, 15) is 4.79 Å². The fourth-order valence-electron chi connectivity index (χ4n) is 3.22. The minimum atomic E-state index is -0.202. The van der Waals surface area contributed by atoms with Gasteiger partial charge < -0.3 is 9.26 Å². The molecule has 0 saturated carbocycles. The van der Waals surface area contributed by atoms with Crippen molar-refractivity contribution in [1.82, 2.24) is 14.9 Å². The van der Waals surface area contributed by atoms with Crippen LogP contribution < -0.4 is 0 Å². The van der Waals surface area contributed by atoms with Crippen molar-refractivity contribution in [3.63, 3.8) is 0 Å². The Labute approximate surface area is 143 Å². The van der Waals surface area contributed by atoms with Crippen LogP contribution in [0.3, 0.4) is 0 Å². The third-order valence-corrected chi connectivity index (χ3v) is 5.27. The molecule has 0 fully saturated rings. The zero-order valence-corrected chi connectivity index (χ0v) is 14.1. The number of hydrogen-bond acceptors (Lipinski definition) is 6. The average molecular weight is 343 g/mol. The van der Waals surface area contributed by atoms with E-state index in [2.05, 4.69) is 10.3 Å². The Hall–Kier alpha value is -2.41. The number of ether oxygens (including phenoxy) is 1. The van der Waals surface area contributed by atoms with Crippen LogP contribution in [0.5, 0.6) is 0 Å². The topological polar surface area (TPSA) is 70.2 Å². The predicted octanol–water partition coefficient (Wildman–Crippen LogP) is 3.24. The molecule has 0 aromatic carbocycles. The fourth-order valence-corrected chi connectivity index (χ4v) is 3.89. The lowest BCUT2D eigenvalue weighted by Gasteiger charge is -2.20. The van der Waals surface area contributed by atoms with E-state index in [1.807, 2.05) is 28.3 Å². The summed E-state index contributed by atoms with van der Waals surface area (Å²) in [6.07, 6.45) is 4.48. The van der Waals surface area contributed by atoms with Crippen molar-refractivity contribution < 1.29 is 14.1 Å². The first-order valence-corrected chi connectivity index (χ1v) is 8.76. The van der Waals surface area contributed by atoms with Gasteiger partial charge in [0.1, 0.15) is 5.69 Å². The second-order valence-corrected chi connectivity index (χ2v) is 6.78. The minimum absolute atomic E-state index is 0.183. The van der Waals surface area contributed by atoms with Crippen molar-refractivity contribution in [2.45, 2.75) is 31.7 Å². The summed E-state index contributed by atoms with van der Waals surface area (Å²) in [5.41, 5.74) is 2.90. The molecule has 1 atom stereocenters. The van der Waals surface area contributed by atoms with E-state index in [4.69, 9.17) is 9.26 Å². The first-order valence-electron chi connectivity index (χ1n) is 7.88. The van der Waals surface area contributed by atoms with E-state index in [-0.39, 0.29) is 11.9 Å². The van der Waals surface area contributed by atoms with E-state index in [1.54, 1.807) is 17.5 Å². The highest BCUT2D eigenvalue weighted by atomic mass is 32.1. The van der Waals surface area contributed by atoms with E-state index in [1.165, 1.54) is 7.11 Å². The zero-order valence-electron chi connectivity index (χ0n) is 13.3. The van der Waals surface area contributed by atoms with Gasteiger partial charge in [-0.05, 0) is 30.7 Å². The van der Waals surface area contributed by atoms with Crippen LogP contribution in [0.2, 0.25) is 0 Å². The maximum atomic E-state index is 11.9. The summed E-state index contributed by atoms with van der Waals surface area (Å²) in [4.78, 5) is 13.0. The molecule has 1 aliphatic rings. The number of esters is 1. The molecule has 3 aromatic rings. The van der Waals surface area contributed by atoms with Gasteiger partial charge in [-0.1, -0.05) is 11.2 Å². The molecular weight excluding hydrogens is 326 g/mol. The number of rotatable bonds is 4. The first kappa shape index (κ1) is 15.1. The van der Waals surface area contributed by atoms with Crippen molar-refractivity contribution in [2.24, 2.45) is 0 Å². The van der Waals surface area contributed by atoms with Crippen LogP contribution in [-0.4, -0.2) is 28.0 Å². The summed E-state index contributed by atoms with van der Waals surface area (Å²) in [6.45, 7) is 0.540. The lowest BCUT2D eigenvalue weighted by Crippen LogP contribution is -2.20. The molecule has 6 nitrogen and oxygen atoms in total. The number of carbonyl (C=O) groups is 1. The molecule has 0 N–H and O–H groups in total. The number of fused-ring (bicyclic) bond motifs is 1. The standard InChI is InChI=1S/C17H17N3O3S/c1-22-17(21)12-4-2-5-14-13(12)9-18-20(14)10-11-8-15(23-19-11)16-6-3-7-24-16/h3,6-9,12H,2,4-5,10H2,1H3/t12-/m0/s1. The van der Waals surface area contributed by atoms with Gasteiger partial charge in [0, 0.05) is 17.3 Å². The zero-order chi connectivity index (χ0) is 16.5. The van der Waals surface area contributed by atoms with Crippen molar-refractivity contribution >= 4 is 17.3 Å². The summed E-state index contributed by atoms with van der Waals surface area (Å²) in [5.74, 6) is 0.386. The number of nitrogens with zero attached hydrogens (tertiary/aromatic N) is 3. The number of thiophene rings is 1. The maximum Gasteiger partial charge on any atom is 0.313 e. The maximum absolute atomic E-state index is 11.9. The van der Waals surface area contributed by atoms with Gasteiger partial charge in [-0.15, -0.1) is 11.3 Å². The second-order valence-electron chi connectivity index (χ2n) is 5.83. The second kappa shape index (κ2) is 6.24. The van der Waals surface area contributed by atoms with Gasteiger partial charge in [0.15, 0.2) is 5.76 Å². The Morgan fingerprint density at radius 2 is 2.46 bits per heavy atom. The summed E-state index contributed by atoms with van der Waals surface area (Å²) >= 11 is 1.62. The van der Waals surface area contributed by atoms with Crippen molar-refractivity contribution in [3.05, 3.63) is 46.7 Å². The number of methoxy groups -OCH3 is 1. The molecule has 24 heavy (non-hydrogen) atoms. The first-order chi connectivity index (χ1) is 11.8. The Kier molecular flexibility index (Phi) is 3.93. The van der Waals surface area contributed by atoms with Gasteiger partial charge in [-0.25, -0.2) is 0 Å². The summed E-state index contributed by atoms with van der Waals surface area (Å²) in [6, 6.07) is 5.94. The molecule has 0 aliphatic heterocycles. The van der Waals surface area contributed by atoms with Gasteiger partial charge in [0.05, 0.1) is 30.6 Å². The minimum Gasteiger partial charge on any atom is -0.469 e. The molecule has 3 heterocycles. The number of hydrogen-bond donors (Lipinski definition) is 0. The van der Waals surface area contributed by atoms with Crippen LogP contribution in [0.1, 0.15) is 35.7 Å². The molecule has 3 aromatic heterocycles. The molecule has 0 unspecified atom stereocenters. The van der Waals surface area contributed by atoms with Gasteiger partial charge in [-0.2, -0.15) is 5.10 Å². The van der Waals surface area contributed by atoms with Crippen LogP contribution in [-0.2, 0) is 22.5 Å². The molecule has 1 aliphatic carbocycles. The third-order valence-electron chi connectivity index (χ3n) is 4.38. The lowest BCUT2D eigenvalue weighted by atomic mass is 9.87. The SMILES string of the molecule is COC(=O)[C@H]1CCCc2c1cnn2Cc1cc(-c2cccs2)on1. The highest BCUT2D eigenvalue weighted by Gasteiger charge is 2.30. The molecule has 124 valence electrons. The van der Waals surface area contributed by atoms with Gasteiger partial charge in [0.2, 0.25) is 0 Å². The Morgan fingerprint density at radius 1 is 1.54 bits per heavy atom. The third kappa shape index (κ3) is 2.65. The van der Waals surface area contributed by atoms with E-state index < -0.39 is 0 Å². The van der Waals surface area contributed by atoms with Crippen LogP contribution in [0.25, 0.3) is 10.6 Å². The Bertz CT molecular complexity index is 850. The number of aromatic nitrogens is 3. The van der Waals surface area contributed by atoms with Gasteiger partial charge in [0.25, 0.3) is 0 Å². The number of carbonyl (C=O) groups excluding carboxylic acids is 1. The molecule has 0 radical (unpaired) electrons. The largest absolute Gasteiger partial charge is 0.469 e. The normalized spacial score (nSPS) is 16.8.